The van der Waals surface area contributed by atoms with E-state index in [0.717, 1.165) is 31.4 Å². The zero-order valence-corrected chi connectivity index (χ0v) is 48.7. The first-order chi connectivity index (χ1) is 37.5. The molecule has 0 radical (unpaired) electrons. The van der Waals surface area contributed by atoms with Crippen LogP contribution in [-0.2, 0) is 85.3 Å². The SMILES string of the molecule is COCCOCCOCCOCC(COCCOCCOCCOC)COCC(COCC(COCCOCCOCCOC)COCCOCCOCCOC)COc1ccc(-c2nc3c(Br)ccc(Br)c3[nH]2)cc1. The van der Waals surface area contributed by atoms with Gasteiger partial charge < -0.3 is 95.0 Å². The number of aromatic nitrogens is 2. The molecule has 2 aromatic carbocycles. The van der Waals surface area contributed by atoms with Crippen LogP contribution in [0.25, 0.3) is 22.4 Å². The van der Waals surface area contributed by atoms with E-state index in [1.54, 1.807) is 28.4 Å². The molecule has 23 heteroatoms. The Labute approximate surface area is 467 Å². The highest BCUT2D eigenvalue weighted by Crippen LogP contribution is 2.31. The Morgan fingerprint density at radius 1 is 0.342 bits per heavy atom. The predicted molar refractivity (Wildman–Crippen MR) is 292 cm³/mol. The molecular formula is C53H88Br2N2O19. The van der Waals surface area contributed by atoms with E-state index in [1.807, 2.05) is 36.4 Å². The number of halogens is 2. The van der Waals surface area contributed by atoms with Crippen molar-refractivity contribution in [3.63, 3.8) is 0 Å². The fraction of sp³-hybridized carbons (Fsp3) is 0.755. The molecule has 0 saturated heterocycles. The minimum Gasteiger partial charge on any atom is -0.493 e. The lowest BCUT2D eigenvalue weighted by atomic mass is 10.1. The highest BCUT2D eigenvalue weighted by Gasteiger charge is 2.18. The summed E-state index contributed by atoms with van der Waals surface area (Å²) in [5.41, 5.74) is 2.68. The van der Waals surface area contributed by atoms with Crippen molar-refractivity contribution >= 4 is 42.9 Å². The van der Waals surface area contributed by atoms with E-state index in [0.29, 0.717) is 224 Å². The van der Waals surface area contributed by atoms with Crippen molar-refractivity contribution in [1.82, 2.24) is 9.97 Å². The Kier molecular flexibility index (Phi) is 43.8. The van der Waals surface area contributed by atoms with E-state index in [9.17, 15) is 0 Å². The minimum absolute atomic E-state index is 0.0673. The van der Waals surface area contributed by atoms with Crippen LogP contribution in [0.15, 0.2) is 45.3 Å². The summed E-state index contributed by atoms with van der Waals surface area (Å²) in [5.74, 6) is 1.17. The average Bonchev–Trinajstić information content (AvgIpc) is 3.90. The Morgan fingerprint density at radius 2 is 0.632 bits per heavy atom. The van der Waals surface area contributed by atoms with Gasteiger partial charge in [-0.1, -0.05) is 0 Å². The summed E-state index contributed by atoms with van der Waals surface area (Å²) in [6.07, 6.45) is 0. The number of nitrogens with one attached hydrogen (secondary N) is 1. The number of methoxy groups -OCH3 is 4. The number of H-pyrrole nitrogens is 1. The van der Waals surface area contributed by atoms with Gasteiger partial charge in [-0.2, -0.15) is 0 Å². The summed E-state index contributed by atoms with van der Waals surface area (Å²) in [6.45, 7) is 14.9. The molecule has 0 unspecified atom stereocenters. The summed E-state index contributed by atoms with van der Waals surface area (Å²) in [7, 11) is 6.57. The molecule has 0 amide bonds. The molecule has 0 fully saturated rings. The number of aromatic amines is 1. The minimum atomic E-state index is -0.146. The topological polar surface area (TPSA) is 204 Å². The zero-order chi connectivity index (χ0) is 54.2. The monoisotopic (exact) mass is 1210 g/mol. The molecule has 3 aromatic rings. The summed E-state index contributed by atoms with van der Waals surface area (Å²) in [6, 6.07) is 11.8. The zero-order valence-electron chi connectivity index (χ0n) is 45.5. The van der Waals surface area contributed by atoms with Crippen molar-refractivity contribution < 1.29 is 90.0 Å². The van der Waals surface area contributed by atoms with E-state index < -0.39 is 0 Å². The highest BCUT2D eigenvalue weighted by atomic mass is 79.9. The van der Waals surface area contributed by atoms with Gasteiger partial charge in [0.15, 0.2) is 0 Å². The number of benzene rings is 2. The Morgan fingerprint density at radius 3 is 0.961 bits per heavy atom. The smallest absolute Gasteiger partial charge is 0.138 e. The van der Waals surface area contributed by atoms with E-state index in [4.69, 9.17) is 95.0 Å². The van der Waals surface area contributed by atoms with Crippen LogP contribution in [0.3, 0.4) is 0 Å². The van der Waals surface area contributed by atoms with Crippen LogP contribution in [0.2, 0.25) is 0 Å². The molecule has 0 aliphatic carbocycles. The number of fused-ring (bicyclic) bond motifs is 1. The molecule has 0 atom stereocenters. The third-order valence-corrected chi connectivity index (χ3v) is 12.0. The normalized spacial score (nSPS) is 12.0. The van der Waals surface area contributed by atoms with Gasteiger partial charge in [-0.3, -0.25) is 0 Å². The molecule has 1 heterocycles. The van der Waals surface area contributed by atoms with Gasteiger partial charge in [0.05, 0.1) is 224 Å². The van der Waals surface area contributed by atoms with Gasteiger partial charge >= 0.3 is 0 Å². The molecule has 1 aromatic heterocycles. The van der Waals surface area contributed by atoms with Crippen molar-refractivity contribution in [2.75, 3.05) is 246 Å². The number of imidazole rings is 1. The molecule has 0 saturated carbocycles. The number of nitrogens with zero attached hydrogens (tertiary/aromatic N) is 1. The first-order valence-electron chi connectivity index (χ1n) is 26.1. The summed E-state index contributed by atoms with van der Waals surface area (Å²) >= 11 is 7.25. The van der Waals surface area contributed by atoms with Gasteiger partial charge in [-0.25, -0.2) is 4.98 Å². The molecule has 438 valence electrons. The van der Waals surface area contributed by atoms with Crippen LogP contribution in [0.1, 0.15) is 0 Å². The van der Waals surface area contributed by atoms with Crippen LogP contribution in [0, 0.1) is 17.8 Å². The summed E-state index contributed by atoms with van der Waals surface area (Å²) < 4.78 is 110. The van der Waals surface area contributed by atoms with Crippen molar-refractivity contribution in [1.29, 1.82) is 0 Å². The quantitative estimate of drug-likeness (QED) is 0.0664. The van der Waals surface area contributed by atoms with Crippen LogP contribution >= 0.6 is 31.9 Å². The first kappa shape index (κ1) is 68.2. The first-order valence-corrected chi connectivity index (χ1v) is 27.7. The van der Waals surface area contributed by atoms with E-state index in [2.05, 4.69) is 36.8 Å². The van der Waals surface area contributed by atoms with Crippen LogP contribution in [0.4, 0.5) is 0 Å². The second-order valence-corrected chi connectivity index (χ2v) is 18.7. The maximum atomic E-state index is 6.43. The van der Waals surface area contributed by atoms with Crippen LogP contribution in [-0.4, -0.2) is 256 Å². The van der Waals surface area contributed by atoms with E-state index >= 15 is 0 Å². The highest BCUT2D eigenvalue weighted by molar-refractivity contribution is 9.11. The maximum Gasteiger partial charge on any atom is 0.138 e. The lowest BCUT2D eigenvalue weighted by Gasteiger charge is -2.23. The molecule has 1 N–H and O–H groups in total. The number of ether oxygens (including phenoxy) is 19. The van der Waals surface area contributed by atoms with Gasteiger partial charge in [-0.15, -0.1) is 0 Å². The standard InChI is InChI=1S/C53H88Br2N2O19/c1-58-11-15-62-19-23-66-27-31-70-35-44(36-71-32-28-67-24-20-63-16-12-59-2)39-74-41-46(43-76-48-7-5-47(6-8-48)53-56-51-49(54)9-10-50(55)52(51)57-53)42-75-40-45(37-72-33-29-68-25-21-64-17-13-60-3)38-73-34-30-69-26-22-65-18-14-61-4/h5-10,44-46H,11-43H2,1-4H3,(H,56,57). The largest absolute Gasteiger partial charge is 0.493 e. The van der Waals surface area contributed by atoms with Gasteiger partial charge in [0.25, 0.3) is 0 Å². The maximum absolute atomic E-state index is 6.43. The molecule has 3 rings (SSSR count). The molecular weight excluding hydrogens is 1130 g/mol. The van der Waals surface area contributed by atoms with E-state index in [-0.39, 0.29) is 17.8 Å². The molecule has 76 heavy (non-hydrogen) atoms. The average molecular weight is 1220 g/mol. The van der Waals surface area contributed by atoms with E-state index in [1.165, 1.54) is 0 Å². The third kappa shape index (κ3) is 34.8. The van der Waals surface area contributed by atoms with Crippen LogP contribution < -0.4 is 4.74 Å². The summed E-state index contributed by atoms with van der Waals surface area (Å²) in [4.78, 5) is 8.26. The third-order valence-electron chi connectivity index (χ3n) is 10.7. The molecule has 0 aliphatic rings. The number of hydrogen-bond donors (Lipinski definition) is 1. The van der Waals surface area contributed by atoms with Crippen molar-refractivity contribution in [3.05, 3.63) is 45.3 Å². The van der Waals surface area contributed by atoms with Crippen molar-refractivity contribution in [2.24, 2.45) is 17.8 Å². The Balaban J connectivity index is 1.62. The Hall–Kier alpha value is -2.05. The van der Waals surface area contributed by atoms with Gasteiger partial charge in [-0.05, 0) is 68.3 Å². The molecule has 21 nitrogen and oxygen atoms in total. The molecule has 0 spiro atoms. The lowest BCUT2D eigenvalue weighted by Crippen LogP contribution is -2.30. The van der Waals surface area contributed by atoms with Gasteiger partial charge in [0, 0.05) is 60.7 Å². The van der Waals surface area contributed by atoms with Crippen molar-refractivity contribution in [2.45, 2.75) is 0 Å². The number of hydrogen-bond acceptors (Lipinski definition) is 20. The summed E-state index contributed by atoms with van der Waals surface area (Å²) in [5, 5.41) is 0. The fourth-order valence-corrected chi connectivity index (χ4v) is 7.49. The fourth-order valence-electron chi connectivity index (χ4n) is 6.65. The number of rotatable bonds is 56. The second kappa shape index (κ2) is 48.8. The second-order valence-electron chi connectivity index (χ2n) is 17.0. The Bertz CT molecular complexity index is 1610. The molecule has 0 bridgehead atoms. The van der Waals surface area contributed by atoms with Crippen LogP contribution in [0.5, 0.6) is 5.75 Å². The molecule has 0 aliphatic heterocycles. The van der Waals surface area contributed by atoms with Crippen molar-refractivity contribution in [3.8, 4) is 17.1 Å². The lowest BCUT2D eigenvalue weighted by molar-refractivity contribution is -0.0568. The van der Waals surface area contributed by atoms with Gasteiger partial charge in [0.2, 0.25) is 0 Å². The van der Waals surface area contributed by atoms with Gasteiger partial charge in [0.1, 0.15) is 17.1 Å². The predicted octanol–water partition coefficient (Wildman–Crippen LogP) is 5.80.